The molecule has 2 aromatic carbocycles. The summed E-state index contributed by atoms with van der Waals surface area (Å²) in [5.74, 6) is 0. The molecule has 0 aliphatic heterocycles. The zero-order chi connectivity index (χ0) is 9.54. The summed E-state index contributed by atoms with van der Waals surface area (Å²) in [6.45, 7) is 0. The molecule has 68 valence electrons. The lowest BCUT2D eigenvalue weighted by Crippen LogP contribution is -2.10. The van der Waals surface area contributed by atoms with Gasteiger partial charge in [0.1, 0.15) is 0 Å². The zero-order valence-corrected chi connectivity index (χ0v) is 7.77. The molecule has 2 N–H and O–H groups in total. The Balaban J connectivity index is 2.52. The third-order valence-corrected chi connectivity index (χ3v) is 2.81. The van der Waals surface area contributed by atoms with Gasteiger partial charge in [-0.05, 0) is 21.9 Å². The first-order valence-electron chi connectivity index (χ1n) is 4.82. The lowest BCUT2D eigenvalue weighted by atomic mass is 9.91. The second kappa shape index (κ2) is 2.69. The summed E-state index contributed by atoms with van der Waals surface area (Å²) in [4.78, 5) is 0. The first kappa shape index (κ1) is 7.77. The van der Waals surface area contributed by atoms with Gasteiger partial charge in [-0.3, -0.25) is 0 Å². The highest BCUT2D eigenvalue weighted by atomic mass is 14.6. The second-order valence-electron chi connectivity index (χ2n) is 3.68. The van der Waals surface area contributed by atoms with E-state index in [0.29, 0.717) is 0 Å². The summed E-state index contributed by atoms with van der Waals surface area (Å²) >= 11 is 0. The van der Waals surface area contributed by atoms with Crippen LogP contribution in [0.2, 0.25) is 0 Å². The Bertz CT molecular complexity index is 520. The van der Waals surface area contributed by atoms with E-state index in [1.54, 1.807) is 0 Å². The number of hydrogen-bond donors (Lipinski definition) is 1. The normalized spacial score (nSPS) is 18.8. The number of nitrogens with two attached hydrogens (primary N) is 1. The summed E-state index contributed by atoms with van der Waals surface area (Å²) in [5, 5.41) is 2.59. The van der Waals surface area contributed by atoms with Crippen molar-refractivity contribution in [2.24, 2.45) is 5.73 Å². The first-order chi connectivity index (χ1) is 6.86. The average molecular weight is 181 g/mol. The van der Waals surface area contributed by atoms with Crippen LogP contribution >= 0.6 is 0 Å². The Morgan fingerprint density at radius 2 is 1.79 bits per heavy atom. The van der Waals surface area contributed by atoms with Crippen LogP contribution in [0, 0.1) is 0 Å². The van der Waals surface area contributed by atoms with Crippen molar-refractivity contribution in [1.29, 1.82) is 0 Å². The number of benzene rings is 2. The molecule has 3 rings (SSSR count). The van der Waals surface area contributed by atoms with E-state index < -0.39 is 0 Å². The quantitative estimate of drug-likeness (QED) is 0.664. The Morgan fingerprint density at radius 3 is 2.64 bits per heavy atom. The van der Waals surface area contributed by atoms with E-state index in [1.807, 2.05) is 0 Å². The van der Waals surface area contributed by atoms with Crippen LogP contribution in [0.1, 0.15) is 17.2 Å². The van der Waals surface area contributed by atoms with Gasteiger partial charge in [-0.1, -0.05) is 48.6 Å². The molecule has 0 amide bonds. The molecule has 1 heteroatoms. The molecule has 1 atom stereocenters. The molecule has 0 saturated carbocycles. The van der Waals surface area contributed by atoms with Crippen LogP contribution in [0.15, 0.2) is 42.5 Å². The van der Waals surface area contributed by atoms with Crippen molar-refractivity contribution < 1.29 is 0 Å². The fourth-order valence-corrected chi connectivity index (χ4v) is 2.13. The monoisotopic (exact) mass is 181 g/mol. The molecule has 0 spiro atoms. The van der Waals surface area contributed by atoms with E-state index >= 15 is 0 Å². The lowest BCUT2D eigenvalue weighted by molar-refractivity contribution is 0.922. The standard InChI is InChI=1S/C13H11N/c14-12-8-7-10-4-1-3-9-5-2-6-11(12)13(9)10/h1-8,12H,14H2. The van der Waals surface area contributed by atoms with Crippen LogP contribution in [-0.2, 0) is 0 Å². The topological polar surface area (TPSA) is 26.0 Å². The fourth-order valence-electron chi connectivity index (χ4n) is 2.13. The lowest BCUT2D eigenvalue weighted by Gasteiger charge is -2.17. The zero-order valence-electron chi connectivity index (χ0n) is 7.77. The van der Waals surface area contributed by atoms with Gasteiger partial charge in [-0.25, -0.2) is 0 Å². The smallest absolute Gasteiger partial charge is 0.0490 e. The Morgan fingerprint density at radius 1 is 1.00 bits per heavy atom. The fraction of sp³-hybridized carbons (Fsp3) is 0.0769. The van der Waals surface area contributed by atoms with E-state index in [4.69, 9.17) is 5.73 Å². The molecule has 2 aromatic rings. The molecule has 1 aliphatic carbocycles. The molecule has 0 heterocycles. The van der Waals surface area contributed by atoms with Crippen LogP contribution in [-0.4, -0.2) is 0 Å². The highest BCUT2D eigenvalue weighted by Gasteiger charge is 2.12. The van der Waals surface area contributed by atoms with Crippen LogP contribution in [0.3, 0.4) is 0 Å². The highest BCUT2D eigenvalue weighted by molar-refractivity contribution is 5.95. The second-order valence-corrected chi connectivity index (χ2v) is 3.68. The predicted octanol–water partition coefficient (Wildman–Crippen LogP) is 2.87. The van der Waals surface area contributed by atoms with Crippen molar-refractivity contribution >= 4 is 16.8 Å². The Labute approximate surface area is 82.9 Å². The highest BCUT2D eigenvalue weighted by Crippen LogP contribution is 2.31. The molecule has 0 aromatic heterocycles. The van der Waals surface area contributed by atoms with Crippen molar-refractivity contribution in [3.8, 4) is 0 Å². The largest absolute Gasteiger partial charge is 0.321 e. The number of hydrogen-bond acceptors (Lipinski definition) is 1. The third-order valence-electron chi connectivity index (χ3n) is 2.81. The van der Waals surface area contributed by atoms with Gasteiger partial charge in [0.2, 0.25) is 0 Å². The van der Waals surface area contributed by atoms with Crippen LogP contribution in [0.5, 0.6) is 0 Å². The summed E-state index contributed by atoms with van der Waals surface area (Å²) in [6, 6.07) is 12.7. The van der Waals surface area contributed by atoms with Crippen LogP contribution in [0.25, 0.3) is 16.8 Å². The van der Waals surface area contributed by atoms with Crippen molar-refractivity contribution in [3.05, 3.63) is 53.6 Å². The summed E-state index contributed by atoms with van der Waals surface area (Å²) in [7, 11) is 0. The van der Waals surface area contributed by atoms with Gasteiger partial charge < -0.3 is 5.73 Å². The van der Waals surface area contributed by atoms with E-state index in [9.17, 15) is 0 Å². The number of rotatable bonds is 0. The van der Waals surface area contributed by atoms with Gasteiger partial charge in [0, 0.05) is 6.04 Å². The Kier molecular flexibility index (Phi) is 1.49. The third kappa shape index (κ3) is 0.932. The maximum Gasteiger partial charge on any atom is 0.0490 e. The summed E-state index contributed by atoms with van der Waals surface area (Å²) < 4.78 is 0. The maximum absolute atomic E-state index is 6.02. The first-order valence-corrected chi connectivity index (χ1v) is 4.82. The average Bonchev–Trinajstić information content (AvgIpc) is 2.24. The van der Waals surface area contributed by atoms with E-state index in [2.05, 4.69) is 48.6 Å². The molecular weight excluding hydrogens is 170 g/mol. The molecule has 0 bridgehead atoms. The van der Waals surface area contributed by atoms with Gasteiger partial charge in [0.05, 0.1) is 0 Å². The molecule has 1 aliphatic rings. The molecular formula is C13H11N. The summed E-state index contributed by atoms with van der Waals surface area (Å²) in [6.07, 6.45) is 4.16. The molecule has 14 heavy (non-hydrogen) atoms. The van der Waals surface area contributed by atoms with E-state index in [0.717, 1.165) is 0 Å². The molecule has 0 radical (unpaired) electrons. The van der Waals surface area contributed by atoms with E-state index in [1.165, 1.54) is 21.9 Å². The minimum Gasteiger partial charge on any atom is -0.321 e. The minimum absolute atomic E-state index is 0.0496. The van der Waals surface area contributed by atoms with Crippen molar-refractivity contribution in [2.45, 2.75) is 6.04 Å². The Hall–Kier alpha value is -1.60. The van der Waals surface area contributed by atoms with Gasteiger partial charge in [-0.2, -0.15) is 0 Å². The van der Waals surface area contributed by atoms with Crippen molar-refractivity contribution in [1.82, 2.24) is 0 Å². The predicted molar refractivity (Wildman–Crippen MR) is 59.9 cm³/mol. The van der Waals surface area contributed by atoms with Gasteiger partial charge in [0.25, 0.3) is 0 Å². The molecule has 0 saturated heterocycles. The summed E-state index contributed by atoms with van der Waals surface area (Å²) in [5.41, 5.74) is 8.53. The van der Waals surface area contributed by atoms with Crippen molar-refractivity contribution in [2.75, 3.05) is 0 Å². The van der Waals surface area contributed by atoms with Gasteiger partial charge in [0.15, 0.2) is 0 Å². The van der Waals surface area contributed by atoms with E-state index in [-0.39, 0.29) is 6.04 Å². The van der Waals surface area contributed by atoms with Crippen molar-refractivity contribution in [3.63, 3.8) is 0 Å². The van der Waals surface area contributed by atoms with Gasteiger partial charge in [-0.15, -0.1) is 0 Å². The SMILES string of the molecule is NC1C=Cc2cccc3cccc1c23. The van der Waals surface area contributed by atoms with Gasteiger partial charge >= 0.3 is 0 Å². The molecule has 1 unspecified atom stereocenters. The minimum atomic E-state index is 0.0496. The molecule has 1 nitrogen and oxygen atoms in total. The van der Waals surface area contributed by atoms with Crippen LogP contribution in [0.4, 0.5) is 0 Å². The maximum atomic E-state index is 6.02. The van der Waals surface area contributed by atoms with Crippen LogP contribution < -0.4 is 5.73 Å². The molecule has 0 fully saturated rings.